The van der Waals surface area contributed by atoms with Gasteiger partial charge in [0.2, 0.25) is 0 Å². The monoisotopic (exact) mass is 398 g/mol. The molecule has 2 aromatic carbocycles. The van der Waals surface area contributed by atoms with Crippen LogP contribution in [0.25, 0.3) is 10.9 Å². The predicted molar refractivity (Wildman–Crippen MR) is 109 cm³/mol. The van der Waals surface area contributed by atoms with Gasteiger partial charge in [-0.25, -0.2) is 9.59 Å². The van der Waals surface area contributed by atoms with Gasteiger partial charge in [0.25, 0.3) is 0 Å². The Hall–Kier alpha value is -3.12. The number of aryl methyl sites for hydroxylation is 1. The molecule has 3 rings (SSSR count). The van der Waals surface area contributed by atoms with E-state index in [2.05, 4.69) is 10.3 Å². The van der Waals surface area contributed by atoms with Crippen molar-refractivity contribution in [2.24, 2.45) is 0 Å². The number of esters is 2. The van der Waals surface area contributed by atoms with E-state index in [0.717, 1.165) is 11.3 Å². The van der Waals surface area contributed by atoms with Crippen LogP contribution in [-0.2, 0) is 9.47 Å². The van der Waals surface area contributed by atoms with Crippen molar-refractivity contribution in [3.63, 3.8) is 0 Å². The Morgan fingerprint density at radius 1 is 1.14 bits per heavy atom. The lowest BCUT2D eigenvalue weighted by Crippen LogP contribution is -2.11. The molecule has 0 radical (unpaired) electrons. The number of pyridine rings is 1. The van der Waals surface area contributed by atoms with Gasteiger partial charge in [-0.15, -0.1) is 0 Å². The van der Waals surface area contributed by atoms with Crippen molar-refractivity contribution >= 4 is 45.8 Å². The van der Waals surface area contributed by atoms with E-state index in [0.29, 0.717) is 27.2 Å². The summed E-state index contributed by atoms with van der Waals surface area (Å²) in [5, 5.41) is 4.42. The van der Waals surface area contributed by atoms with Gasteiger partial charge in [0.1, 0.15) is 5.56 Å². The fourth-order valence-electron chi connectivity index (χ4n) is 2.86. The Morgan fingerprint density at radius 2 is 1.93 bits per heavy atom. The zero-order valence-corrected chi connectivity index (χ0v) is 16.5. The third-order valence-electron chi connectivity index (χ3n) is 4.26. The smallest absolute Gasteiger partial charge is 0.341 e. The lowest BCUT2D eigenvalue weighted by molar-refractivity contribution is 0.0526. The molecule has 3 aromatic rings. The first kappa shape index (κ1) is 19.6. The van der Waals surface area contributed by atoms with Gasteiger partial charge in [-0.05, 0) is 37.6 Å². The maximum Gasteiger partial charge on any atom is 0.341 e. The molecule has 0 spiro atoms. The molecule has 0 aliphatic rings. The first-order valence-corrected chi connectivity index (χ1v) is 9.04. The van der Waals surface area contributed by atoms with Crippen LogP contribution in [0.3, 0.4) is 0 Å². The van der Waals surface area contributed by atoms with Gasteiger partial charge in [0, 0.05) is 22.3 Å². The third-order valence-corrected chi connectivity index (χ3v) is 4.49. The summed E-state index contributed by atoms with van der Waals surface area (Å²) in [7, 11) is 1.31. The molecule has 0 saturated heterocycles. The average Bonchev–Trinajstić information content (AvgIpc) is 2.70. The van der Waals surface area contributed by atoms with Crippen molar-refractivity contribution in [3.8, 4) is 0 Å². The number of carbonyl (C=O) groups is 2. The van der Waals surface area contributed by atoms with E-state index in [-0.39, 0.29) is 12.2 Å². The molecule has 0 fully saturated rings. The van der Waals surface area contributed by atoms with Crippen molar-refractivity contribution in [1.82, 2.24) is 4.98 Å². The van der Waals surface area contributed by atoms with Crippen LogP contribution in [0.1, 0.15) is 33.2 Å². The maximum absolute atomic E-state index is 12.5. The lowest BCUT2D eigenvalue weighted by atomic mass is 10.0. The molecule has 1 N–H and O–H groups in total. The fraction of sp³-hybridized carbons (Fsp3) is 0.190. The van der Waals surface area contributed by atoms with Crippen LogP contribution in [-0.4, -0.2) is 30.6 Å². The van der Waals surface area contributed by atoms with Gasteiger partial charge in [-0.3, -0.25) is 4.98 Å². The Labute approximate surface area is 167 Å². The summed E-state index contributed by atoms with van der Waals surface area (Å²) in [5.41, 5.74) is 3.14. The lowest BCUT2D eigenvalue weighted by Gasteiger charge is -2.16. The Kier molecular flexibility index (Phi) is 5.80. The number of nitrogens with zero attached hydrogens (tertiary/aromatic N) is 1. The molecule has 1 heterocycles. The van der Waals surface area contributed by atoms with E-state index >= 15 is 0 Å². The quantitative estimate of drug-likeness (QED) is 0.615. The number of methoxy groups -OCH3 is 1. The van der Waals surface area contributed by atoms with Gasteiger partial charge in [-0.1, -0.05) is 29.8 Å². The molecule has 0 aliphatic heterocycles. The van der Waals surface area contributed by atoms with Gasteiger partial charge < -0.3 is 14.8 Å². The normalized spacial score (nSPS) is 10.6. The number of halogens is 1. The second-order valence-corrected chi connectivity index (χ2v) is 6.48. The average molecular weight is 399 g/mol. The molecule has 6 nitrogen and oxygen atoms in total. The van der Waals surface area contributed by atoms with Crippen LogP contribution in [0.15, 0.2) is 42.6 Å². The van der Waals surface area contributed by atoms with Gasteiger partial charge >= 0.3 is 11.9 Å². The van der Waals surface area contributed by atoms with Crippen molar-refractivity contribution < 1.29 is 19.1 Å². The first-order chi connectivity index (χ1) is 13.5. The highest BCUT2D eigenvalue weighted by atomic mass is 35.5. The second-order valence-electron chi connectivity index (χ2n) is 6.04. The predicted octanol–water partition coefficient (Wildman–Crippen LogP) is 4.90. The van der Waals surface area contributed by atoms with Crippen molar-refractivity contribution in [1.29, 1.82) is 0 Å². The van der Waals surface area contributed by atoms with Crippen LogP contribution < -0.4 is 5.32 Å². The summed E-state index contributed by atoms with van der Waals surface area (Å²) in [6, 6.07) is 10.5. The molecule has 144 valence electrons. The SMILES string of the molecule is CCOC(=O)c1cnc2c(C(=O)OC)cccc2c1Nc1cc(Cl)ccc1C. The maximum atomic E-state index is 12.5. The van der Waals surface area contributed by atoms with E-state index in [4.69, 9.17) is 21.1 Å². The van der Waals surface area contributed by atoms with E-state index in [1.54, 1.807) is 37.3 Å². The summed E-state index contributed by atoms with van der Waals surface area (Å²) in [6.45, 7) is 3.89. The Bertz CT molecular complexity index is 1070. The number of hydrogen-bond donors (Lipinski definition) is 1. The summed E-state index contributed by atoms with van der Waals surface area (Å²) < 4.78 is 10.0. The molecule has 0 bridgehead atoms. The van der Waals surface area contributed by atoms with Gasteiger partial charge in [0.15, 0.2) is 0 Å². The molecule has 0 unspecified atom stereocenters. The molecule has 0 atom stereocenters. The molecule has 0 aliphatic carbocycles. The molecule has 28 heavy (non-hydrogen) atoms. The van der Waals surface area contributed by atoms with Crippen LogP contribution in [0.2, 0.25) is 5.02 Å². The van der Waals surface area contributed by atoms with Crippen LogP contribution >= 0.6 is 11.6 Å². The first-order valence-electron chi connectivity index (χ1n) is 8.66. The highest BCUT2D eigenvalue weighted by Gasteiger charge is 2.20. The topological polar surface area (TPSA) is 77.5 Å². The van der Waals surface area contributed by atoms with Crippen molar-refractivity contribution in [2.75, 3.05) is 19.0 Å². The van der Waals surface area contributed by atoms with E-state index in [1.165, 1.54) is 13.3 Å². The molecular weight excluding hydrogens is 380 g/mol. The molecule has 0 amide bonds. The summed E-state index contributed by atoms with van der Waals surface area (Å²) in [6.07, 6.45) is 1.40. The fourth-order valence-corrected chi connectivity index (χ4v) is 3.03. The number of benzene rings is 2. The number of rotatable bonds is 5. The minimum Gasteiger partial charge on any atom is -0.465 e. The molecule has 7 heteroatoms. The Morgan fingerprint density at radius 3 is 2.64 bits per heavy atom. The van der Waals surface area contributed by atoms with E-state index in [9.17, 15) is 9.59 Å². The minimum absolute atomic E-state index is 0.231. The highest BCUT2D eigenvalue weighted by Crippen LogP contribution is 2.33. The number of nitrogens with one attached hydrogen (secondary N) is 1. The zero-order valence-electron chi connectivity index (χ0n) is 15.7. The summed E-state index contributed by atoms with van der Waals surface area (Å²) in [4.78, 5) is 29.0. The van der Waals surface area contributed by atoms with Crippen LogP contribution in [0.4, 0.5) is 11.4 Å². The Balaban J connectivity index is 2.26. The number of ether oxygens (including phenoxy) is 2. The molecular formula is C21H19ClN2O4. The number of hydrogen-bond acceptors (Lipinski definition) is 6. The summed E-state index contributed by atoms with van der Waals surface area (Å²) in [5.74, 6) is -1.02. The number of fused-ring (bicyclic) bond motifs is 1. The van der Waals surface area contributed by atoms with E-state index < -0.39 is 11.9 Å². The second kappa shape index (κ2) is 8.27. The largest absolute Gasteiger partial charge is 0.465 e. The van der Waals surface area contributed by atoms with Gasteiger partial charge in [0.05, 0.1) is 30.5 Å². The van der Waals surface area contributed by atoms with E-state index in [1.807, 2.05) is 13.0 Å². The number of anilines is 2. The molecule has 1 aromatic heterocycles. The zero-order chi connectivity index (χ0) is 20.3. The standard InChI is InChI=1S/C21H19ClN2O4/c1-4-28-21(26)16-11-23-18-14(6-5-7-15(18)20(25)27-3)19(16)24-17-10-13(22)9-8-12(17)2/h5-11H,4H2,1-3H3,(H,23,24). The van der Waals surface area contributed by atoms with Crippen molar-refractivity contribution in [3.05, 3.63) is 64.3 Å². The molecule has 0 saturated carbocycles. The number of para-hydroxylation sites is 1. The number of aromatic nitrogens is 1. The van der Waals surface area contributed by atoms with Crippen LogP contribution in [0.5, 0.6) is 0 Å². The van der Waals surface area contributed by atoms with Crippen molar-refractivity contribution in [2.45, 2.75) is 13.8 Å². The highest BCUT2D eigenvalue weighted by molar-refractivity contribution is 6.31. The third kappa shape index (κ3) is 3.77. The van der Waals surface area contributed by atoms with Gasteiger partial charge in [-0.2, -0.15) is 0 Å². The van der Waals surface area contributed by atoms with Crippen LogP contribution in [0, 0.1) is 6.92 Å². The minimum atomic E-state index is -0.512. The summed E-state index contributed by atoms with van der Waals surface area (Å²) >= 11 is 6.13. The number of carbonyl (C=O) groups excluding carboxylic acids is 2.